The minimum Gasteiger partial charge on any atom is -0.399 e. The summed E-state index contributed by atoms with van der Waals surface area (Å²) in [7, 11) is 0. The minimum absolute atomic E-state index is 0.0104. The fraction of sp³-hybridized carbons (Fsp3) is 0.143. The van der Waals surface area contributed by atoms with Gasteiger partial charge in [-0.05, 0) is 42.8 Å². The van der Waals surface area contributed by atoms with Gasteiger partial charge in [0.2, 0.25) is 5.91 Å². The Hall–Kier alpha value is -2.56. The molecule has 2 aromatic rings. The molecule has 1 aromatic carbocycles. The molecular formula is C14H15N3O2. The number of hydrogen-bond acceptors (Lipinski definition) is 3. The van der Waals surface area contributed by atoms with Crippen LogP contribution in [0.4, 0.5) is 11.4 Å². The van der Waals surface area contributed by atoms with Gasteiger partial charge in [0.1, 0.15) is 6.54 Å². The lowest BCUT2D eigenvalue weighted by Gasteiger charge is -2.07. The molecule has 0 fully saturated rings. The summed E-state index contributed by atoms with van der Waals surface area (Å²) in [5.74, 6) is -0.254. The minimum atomic E-state index is -0.254. The molecule has 0 unspecified atom stereocenters. The van der Waals surface area contributed by atoms with E-state index in [2.05, 4.69) is 5.32 Å². The first-order valence-corrected chi connectivity index (χ1v) is 5.87. The standard InChI is InChI=1S/C14H15N3O2/c1-10-6-7-17(14(19)8-10)9-13(18)16-12-4-2-11(15)3-5-12/h2-8H,9,15H2,1H3,(H,16,18). The topological polar surface area (TPSA) is 77.1 Å². The van der Waals surface area contributed by atoms with E-state index >= 15 is 0 Å². The highest BCUT2D eigenvalue weighted by Gasteiger charge is 2.04. The van der Waals surface area contributed by atoms with Crippen LogP contribution in [0.1, 0.15) is 5.56 Å². The zero-order valence-corrected chi connectivity index (χ0v) is 10.6. The Labute approximate surface area is 110 Å². The third-order valence-electron chi connectivity index (χ3n) is 2.66. The maximum Gasteiger partial charge on any atom is 0.251 e. The molecule has 0 aliphatic carbocycles. The van der Waals surface area contributed by atoms with Crippen molar-refractivity contribution in [1.29, 1.82) is 0 Å². The van der Waals surface area contributed by atoms with Crippen molar-refractivity contribution in [3.8, 4) is 0 Å². The third kappa shape index (κ3) is 3.45. The van der Waals surface area contributed by atoms with E-state index in [4.69, 9.17) is 5.73 Å². The van der Waals surface area contributed by atoms with E-state index in [9.17, 15) is 9.59 Å². The first-order valence-electron chi connectivity index (χ1n) is 5.87. The van der Waals surface area contributed by atoms with E-state index in [1.807, 2.05) is 6.92 Å². The van der Waals surface area contributed by atoms with E-state index in [-0.39, 0.29) is 18.0 Å². The number of nitrogens with one attached hydrogen (secondary N) is 1. The molecular weight excluding hydrogens is 242 g/mol. The number of nitrogens with zero attached hydrogens (tertiary/aromatic N) is 1. The van der Waals surface area contributed by atoms with E-state index < -0.39 is 0 Å². The highest BCUT2D eigenvalue weighted by molar-refractivity contribution is 5.90. The van der Waals surface area contributed by atoms with Gasteiger partial charge < -0.3 is 15.6 Å². The fourth-order valence-corrected chi connectivity index (χ4v) is 1.66. The number of rotatable bonds is 3. The van der Waals surface area contributed by atoms with Crippen LogP contribution in [0, 0.1) is 6.92 Å². The van der Waals surface area contributed by atoms with Crippen molar-refractivity contribution in [2.75, 3.05) is 11.1 Å². The number of anilines is 2. The number of carbonyl (C=O) groups excluding carboxylic acids is 1. The molecule has 19 heavy (non-hydrogen) atoms. The third-order valence-corrected chi connectivity index (χ3v) is 2.66. The van der Waals surface area contributed by atoms with Gasteiger partial charge in [-0.15, -0.1) is 0 Å². The highest BCUT2D eigenvalue weighted by atomic mass is 16.2. The quantitative estimate of drug-likeness (QED) is 0.815. The normalized spacial score (nSPS) is 10.2. The van der Waals surface area contributed by atoms with Crippen molar-refractivity contribution in [3.63, 3.8) is 0 Å². The average Bonchev–Trinajstić information content (AvgIpc) is 2.36. The Bertz CT molecular complexity index is 644. The molecule has 0 radical (unpaired) electrons. The molecule has 5 nitrogen and oxygen atoms in total. The maximum absolute atomic E-state index is 11.8. The van der Waals surface area contributed by atoms with Crippen molar-refractivity contribution >= 4 is 17.3 Å². The zero-order valence-electron chi connectivity index (χ0n) is 10.6. The van der Waals surface area contributed by atoms with Crippen LogP contribution < -0.4 is 16.6 Å². The molecule has 1 heterocycles. The van der Waals surface area contributed by atoms with Crippen molar-refractivity contribution in [2.45, 2.75) is 13.5 Å². The Balaban J connectivity index is 2.05. The number of hydrogen-bond donors (Lipinski definition) is 2. The van der Waals surface area contributed by atoms with Crippen molar-refractivity contribution in [2.24, 2.45) is 0 Å². The summed E-state index contributed by atoms with van der Waals surface area (Å²) in [4.78, 5) is 23.4. The van der Waals surface area contributed by atoms with Gasteiger partial charge >= 0.3 is 0 Å². The van der Waals surface area contributed by atoms with Crippen LogP contribution in [-0.2, 0) is 11.3 Å². The second-order valence-corrected chi connectivity index (χ2v) is 4.34. The van der Waals surface area contributed by atoms with Gasteiger partial charge in [0, 0.05) is 23.6 Å². The fourth-order valence-electron chi connectivity index (χ4n) is 1.66. The molecule has 0 saturated heterocycles. The molecule has 3 N–H and O–H groups in total. The number of carbonyl (C=O) groups is 1. The zero-order chi connectivity index (χ0) is 13.8. The Morgan fingerprint density at radius 1 is 1.26 bits per heavy atom. The number of nitrogen functional groups attached to an aromatic ring is 1. The average molecular weight is 257 g/mol. The lowest BCUT2D eigenvalue weighted by molar-refractivity contribution is -0.116. The number of aryl methyl sites for hydroxylation is 1. The summed E-state index contributed by atoms with van der Waals surface area (Å²) in [5.41, 5.74) is 7.53. The number of nitrogens with two attached hydrogens (primary N) is 1. The first kappa shape index (κ1) is 12.9. The lowest BCUT2D eigenvalue weighted by Crippen LogP contribution is -2.26. The monoisotopic (exact) mass is 257 g/mol. The van der Waals surface area contributed by atoms with Gasteiger partial charge in [0.15, 0.2) is 0 Å². The molecule has 0 atom stereocenters. The second kappa shape index (κ2) is 5.39. The van der Waals surface area contributed by atoms with Crippen LogP contribution in [0.25, 0.3) is 0 Å². The van der Waals surface area contributed by atoms with Crippen LogP contribution in [0.5, 0.6) is 0 Å². The van der Waals surface area contributed by atoms with E-state index in [0.29, 0.717) is 11.4 Å². The molecule has 5 heteroatoms. The van der Waals surface area contributed by atoms with Crippen LogP contribution >= 0.6 is 0 Å². The molecule has 0 spiro atoms. The van der Waals surface area contributed by atoms with Gasteiger partial charge in [-0.3, -0.25) is 9.59 Å². The Kier molecular flexibility index (Phi) is 3.66. The molecule has 98 valence electrons. The molecule has 2 rings (SSSR count). The van der Waals surface area contributed by atoms with Crippen molar-refractivity contribution in [1.82, 2.24) is 4.57 Å². The summed E-state index contributed by atoms with van der Waals surface area (Å²) < 4.78 is 1.36. The summed E-state index contributed by atoms with van der Waals surface area (Å²) >= 11 is 0. The van der Waals surface area contributed by atoms with Crippen LogP contribution in [0.15, 0.2) is 47.4 Å². The second-order valence-electron chi connectivity index (χ2n) is 4.34. The van der Waals surface area contributed by atoms with E-state index in [1.165, 1.54) is 10.6 Å². The predicted octanol–water partition coefficient (Wildman–Crippen LogP) is 1.38. The van der Waals surface area contributed by atoms with Gasteiger partial charge in [0.25, 0.3) is 5.56 Å². The van der Waals surface area contributed by atoms with Gasteiger partial charge in [-0.2, -0.15) is 0 Å². The van der Waals surface area contributed by atoms with Crippen molar-refractivity contribution in [3.05, 3.63) is 58.5 Å². The number of aromatic nitrogens is 1. The first-order chi connectivity index (χ1) is 9.04. The summed E-state index contributed by atoms with van der Waals surface area (Å²) in [5, 5.41) is 2.71. The van der Waals surface area contributed by atoms with Gasteiger partial charge in [0.05, 0.1) is 0 Å². The molecule has 0 saturated carbocycles. The largest absolute Gasteiger partial charge is 0.399 e. The summed E-state index contributed by atoms with van der Waals surface area (Å²) in [6.07, 6.45) is 1.61. The maximum atomic E-state index is 11.8. The smallest absolute Gasteiger partial charge is 0.251 e. The number of benzene rings is 1. The Morgan fingerprint density at radius 3 is 2.58 bits per heavy atom. The van der Waals surface area contributed by atoms with Crippen molar-refractivity contribution < 1.29 is 4.79 Å². The van der Waals surface area contributed by atoms with Crippen LogP contribution in [0.3, 0.4) is 0 Å². The van der Waals surface area contributed by atoms with E-state index in [1.54, 1.807) is 36.5 Å². The Morgan fingerprint density at radius 2 is 1.95 bits per heavy atom. The number of pyridine rings is 1. The predicted molar refractivity (Wildman–Crippen MR) is 74.9 cm³/mol. The molecule has 0 aliphatic heterocycles. The molecule has 1 amide bonds. The van der Waals surface area contributed by atoms with Gasteiger partial charge in [-0.1, -0.05) is 0 Å². The molecule has 1 aromatic heterocycles. The lowest BCUT2D eigenvalue weighted by atomic mass is 10.3. The number of amides is 1. The van der Waals surface area contributed by atoms with Crippen LogP contribution in [-0.4, -0.2) is 10.5 Å². The van der Waals surface area contributed by atoms with E-state index in [0.717, 1.165) is 5.56 Å². The molecule has 0 aliphatic rings. The summed E-state index contributed by atoms with van der Waals surface area (Å²) in [6, 6.07) is 10.1. The summed E-state index contributed by atoms with van der Waals surface area (Å²) in [6.45, 7) is 1.82. The highest BCUT2D eigenvalue weighted by Crippen LogP contribution is 2.10. The van der Waals surface area contributed by atoms with Gasteiger partial charge in [-0.25, -0.2) is 0 Å². The van der Waals surface area contributed by atoms with Crippen LogP contribution in [0.2, 0.25) is 0 Å². The molecule has 0 bridgehead atoms. The SMILES string of the molecule is Cc1ccn(CC(=O)Nc2ccc(N)cc2)c(=O)c1.